The van der Waals surface area contributed by atoms with Gasteiger partial charge in [-0.1, -0.05) is 18.2 Å². The van der Waals surface area contributed by atoms with Crippen LogP contribution in [0.2, 0.25) is 0 Å². The molecule has 0 aromatic rings. The molecule has 0 bridgehead atoms. The summed E-state index contributed by atoms with van der Waals surface area (Å²) in [4.78, 5) is 1.90. The minimum Gasteiger partial charge on any atom is -0.363 e. The van der Waals surface area contributed by atoms with Crippen LogP contribution in [0.25, 0.3) is 0 Å². The van der Waals surface area contributed by atoms with Gasteiger partial charge in [-0.3, -0.25) is 0 Å². The molecule has 8 heavy (non-hydrogen) atoms. The van der Waals surface area contributed by atoms with E-state index in [9.17, 15) is 0 Å². The molecular weight excluding hydrogens is 122 g/mol. The topological polar surface area (TPSA) is 3.24 Å². The van der Waals surface area contributed by atoms with E-state index >= 15 is 0 Å². The van der Waals surface area contributed by atoms with Gasteiger partial charge in [-0.05, 0) is 13.8 Å². The molecule has 1 nitrogen and oxygen atoms in total. The molecule has 0 aliphatic carbocycles. The zero-order chi connectivity index (χ0) is 6.73. The first-order valence-electron chi connectivity index (χ1n) is 2.63. The molecule has 0 heterocycles. The van der Waals surface area contributed by atoms with E-state index in [0.717, 1.165) is 0 Å². The highest BCUT2D eigenvalue weighted by Crippen LogP contribution is 2.06. The van der Waals surface area contributed by atoms with Crippen LogP contribution < -0.4 is 0 Å². The summed E-state index contributed by atoms with van der Waals surface area (Å²) in [5.74, 6) is 0. The zero-order valence-electron chi connectivity index (χ0n) is 5.61. The lowest BCUT2D eigenvalue weighted by Crippen LogP contribution is -2.22. The molecule has 0 saturated carbocycles. The first-order chi connectivity index (χ1) is 3.55. The van der Waals surface area contributed by atoms with E-state index in [2.05, 4.69) is 20.4 Å². The van der Waals surface area contributed by atoms with Gasteiger partial charge in [0.05, 0.1) is 5.16 Å². The van der Waals surface area contributed by atoms with E-state index in [1.54, 1.807) is 0 Å². The number of halogens is 1. The van der Waals surface area contributed by atoms with Crippen molar-refractivity contribution >= 4 is 11.6 Å². The lowest BCUT2D eigenvalue weighted by molar-refractivity contribution is 0.366. The molecule has 0 spiro atoms. The van der Waals surface area contributed by atoms with Gasteiger partial charge < -0.3 is 4.90 Å². The molecule has 0 N–H and O–H groups in total. The third kappa shape index (κ3) is 2.22. The molecule has 0 unspecified atom stereocenters. The Morgan fingerprint density at radius 3 is 2.00 bits per heavy atom. The Morgan fingerprint density at radius 2 is 2.00 bits per heavy atom. The molecule has 0 atom stereocenters. The molecule has 0 rings (SSSR count). The first-order valence-corrected chi connectivity index (χ1v) is 3.00. The summed E-state index contributed by atoms with van der Waals surface area (Å²) in [5.41, 5.74) is 0. The Hall–Kier alpha value is -0.170. The average Bonchev–Trinajstić information content (AvgIpc) is 1.64. The minimum absolute atomic E-state index is 0.444. The van der Waals surface area contributed by atoms with E-state index in [0.29, 0.717) is 11.2 Å². The van der Waals surface area contributed by atoms with Crippen LogP contribution in [-0.4, -0.2) is 18.0 Å². The maximum atomic E-state index is 5.55. The number of hydrogen-bond donors (Lipinski definition) is 0. The van der Waals surface area contributed by atoms with Crippen LogP contribution in [-0.2, 0) is 0 Å². The van der Waals surface area contributed by atoms with Crippen molar-refractivity contribution < 1.29 is 0 Å². The monoisotopic (exact) mass is 133 g/mol. The highest BCUT2D eigenvalue weighted by molar-refractivity contribution is 6.28. The molecule has 0 saturated heterocycles. The second-order valence-corrected chi connectivity index (χ2v) is 2.52. The van der Waals surface area contributed by atoms with Gasteiger partial charge in [0.2, 0.25) is 0 Å². The van der Waals surface area contributed by atoms with E-state index in [-0.39, 0.29) is 0 Å². The highest BCUT2D eigenvalue weighted by atomic mass is 35.5. The molecule has 2 heteroatoms. The van der Waals surface area contributed by atoms with Crippen molar-refractivity contribution in [1.29, 1.82) is 0 Å². The van der Waals surface area contributed by atoms with Gasteiger partial charge in [-0.2, -0.15) is 0 Å². The van der Waals surface area contributed by atoms with Crippen LogP contribution in [0, 0.1) is 0 Å². The number of rotatable bonds is 2. The third-order valence-corrected chi connectivity index (χ3v) is 1.42. The van der Waals surface area contributed by atoms with Crippen LogP contribution in [0.4, 0.5) is 0 Å². The zero-order valence-corrected chi connectivity index (χ0v) is 6.37. The van der Waals surface area contributed by atoms with E-state index in [1.807, 2.05) is 11.9 Å². The van der Waals surface area contributed by atoms with E-state index in [4.69, 9.17) is 11.6 Å². The smallest absolute Gasteiger partial charge is 0.0970 e. The fraction of sp³-hybridized carbons (Fsp3) is 0.667. The van der Waals surface area contributed by atoms with Crippen molar-refractivity contribution in [2.75, 3.05) is 7.05 Å². The Balaban J connectivity index is 3.64. The fourth-order valence-electron chi connectivity index (χ4n) is 0.280. The van der Waals surface area contributed by atoms with Crippen molar-refractivity contribution in [3.63, 3.8) is 0 Å². The molecular formula is C6H12ClN. The minimum atomic E-state index is 0.444. The largest absolute Gasteiger partial charge is 0.363 e. The Kier molecular flexibility index (Phi) is 2.91. The number of nitrogens with zero attached hydrogens (tertiary/aromatic N) is 1. The Morgan fingerprint density at radius 1 is 1.62 bits per heavy atom. The van der Waals surface area contributed by atoms with Gasteiger partial charge in [0, 0.05) is 13.1 Å². The molecule has 0 fully saturated rings. The summed E-state index contributed by atoms with van der Waals surface area (Å²) in [6, 6.07) is 0.444. The Bertz CT molecular complexity index is 88.5. The van der Waals surface area contributed by atoms with Crippen LogP contribution in [0.3, 0.4) is 0 Å². The van der Waals surface area contributed by atoms with Crippen molar-refractivity contribution in [2.45, 2.75) is 19.9 Å². The van der Waals surface area contributed by atoms with Crippen molar-refractivity contribution in [2.24, 2.45) is 0 Å². The third-order valence-electron chi connectivity index (χ3n) is 1.16. The van der Waals surface area contributed by atoms with Crippen molar-refractivity contribution in [3.8, 4) is 0 Å². The standard InChI is InChI=1S/C6H12ClN/c1-5(2)8(4)6(3)7/h5H,3H2,1-2,4H3. The summed E-state index contributed by atoms with van der Waals surface area (Å²) in [6.07, 6.45) is 0. The van der Waals surface area contributed by atoms with Gasteiger partial charge in [-0.15, -0.1) is 0 Å². The van der Waals surface area contributed by atoms with E-state index < -0.39 is 0 Å². The SMILES string of the molecule is C=C(Cl)N(C)C(C)C. The molecule has 0 aliphatic rings. The van der Waals surface area contributed by atoms with Crippen LogP contribution in [0.5, 0.6) is 0 Å². The summed E-state index contributed by atoms with van der Waals surface area (Å²) in [6.45, 7) is 7.69. The second-order valence-electron chi connectivity index (χ2n) is 2.08. The maximum Gasteiger partial charge on any atom is 0.0970 e. The summed E-state index contributed by atoms with van der Waals surface area (Å²) in [7, 11) is 1.92. The molecule has 0 aliphatic heterocycles. The lowest BCUT2D eigenvalue weighted by Gasteiger charge is -2.20. The van der Waals surface area contributed by atoms with Crippen molar-refractivity contribution in [1.82, 2.24) is 4.90 Å². The second kappa shape index (κ2) is 2.98. The molecule has 48 valence electrons. The predicted octanol–water partition coefficient (Wildman–Crippen LogP) is 2.04. The molecule has 0 radical (unpaired) electrons. The van der Waals surface area contributed by atoms with E-state index in [1.165, 1.54) is 0 Å². The summed E-state index contributed by atoms with van der Waals surface area (Å²) in [5, 5.41) is 0.597. The van der Waals surface area contributed by atoms with Gasteiger partial charge in [0.1, 0.15) is 0 Å². The van der Waals surface area contributed by atoms with Gasteiger partial charge >= 0.3 is 0 Å². The molecule has 0 aromatic heterocycles. The van der Waals surface area contributed by atoms with Crippen LogP contribution in [0.15, 0.2) is 11.7 Å². The Labute approximate surface area is 55.9 Å². The molecule has 0 aromatic carbocycles. The highest BCUT2D eigenvalue weighted by Gasteiger charge is 2.00. The fourth-order valence-corrected chi connectivity index (χ4v) is 0.475. The maximum absolute atomic E-state index is 5.55. The normalized spacial score (nSPS) is 9.62. The van der Waals surface area contributed by atoms with Gasteiger partial charge in [0.25, 0.3) is 0 Å². The lowest BCUT2D eigenvalue weighted by atomic mass is 10.4. The number of hydrogen-bond acceptors (Lipinski definition) is 1. The quantitative estimate of drug-likeness (QED) is 0.521. The average molecular weight is 134 g/mol. The van der Waals surface area contributed by atoms with Crippen LogP contribution in [0.1, 0.15) is 13.8 Å². The first kappa shape index (κ1) is 7.83. The van der Waals surface area contributed by atoms with Crippen LogP contribution >= 0.6 is 11.6 Å². The molecule has 0 amide bonds. The van der Waals surface area contributed by atoms with Gasteiger partial charge in [-0.25, -0.2) is 0 Å². The predicted molar refractivity (Wildman–Crippen MR) is 37.9 cm³/mol. The summed E-state index contributed by atoms with van der Waals surface area (Å²) < 4.78 is 0. The van der Waals surface area contributed by atoms with Crippen molar-refractivity contribution in [3.05, 3.63) is 11.7 Å². The van der Waals surface area contributed by atoms with Gasteiger partial charge in [0.15, 0.2) is 0 Å². The summed E-state index contributed by atoms with van der Waals surface area (Å²) >= 11 is 5.55.